The average molecular weight is 271 g/mol. The highest BCUT2D eigenvalue weighted by Gasteiger charge is 2.28. The quantitative estimate of drug-likeness (QED) is 0.802. The van der Waals surface area contributed by atoms with E-state index in [0.29, 0.717) is 11.7 Å². The molecule has 1 saturated carbocycles. The highest BCUT2D eigenvalue weighted by atomic mass is 16.2. The number of aryl methyl sites for hydroxylation is 2. The molecule has 2 aromatic rings. The van der Waals surface area contributed by atoms with Crippen molar-refractivity contribution >= 4 is 17.5 Å². The number of aromatic nitrogens is 3. The molecule has 1 aliphatic carbocycles. The minimum atomic E-state index is -0.302. The largest absolute Gasteiger partial charge is 0.324 e. The Labute approximate surface area is 117 Å². The molecule has 20 heavy (non-hydrogen) atoms. The number of hydrogen-bond donors (Lipinski definition) is 3. The Hall–Kier alpha value is -2.37. The lowest BCUT2D eigenvalue weighted by atomic mass is 10.2. The molecule has 0 spiro atoms. The van der Waals surface area contributed by atoms with Gasteiger partial charge in [-0.15, -0.1) is 0 Å². The Bertz CT molecular complexity index is 645. The Morgan fingerprint density at radius 2 is 2.05 bits per heavy atom. The fraction of sp³-hybridized carbons (Fsp3) is 0.357. The molecule has 0 bridgehead atoms. The number of aromatic amines is 1. The summed E-state index contributed by atoms with van der Waals surface area (Å²) in [6, 6.07) is 1.55. The number of carbonyl (C=O) groups is 1. The van der Waals surface area contributed by atoms with Gasteiger partial charge in [-0.1, -0.05) is 0 Å². The molecule has 3 rings (SSSR count). The van der Waals surface area contributed by atoms with Gasteiger partial charge in [0.15, 0.2) is 0 Å². The Balaban J connectivity index is 1.67. The van der Waals surface area contributed by atoms with Crippen molar-refractivity contribution < 1.29 is 4.79 Å². The molecule has 6 heteroatoms. The van der Waals surface area contributed by atoms with Gasteiger partial charge < -0.3 is 5.32 Å². The second-order valence-corrected chi connectivity index (χ2v) is 5.20. The van der Waals surface area contributed by atoms with E-state index in [2.05, 4.69) is 25.8 Å². The standard InChI is InChI=1S/C14H17N5O/c1-8-5-12(15-6-9(8)2)18-14(20)17-11-7-16-19-13(11)10-3-4-10/h5-7,10H,3-4H2,1-2H3,(H,16,19)(H2,15,17,18,20). The van der Waals surface area contributed by atoms with E-state index in [9.17, 15) is 4.79 Å². The highest BCUT2D eigenvalue weighted by Crippen LogP contribution is 2.42. The number of urea groups is 1. The molecular weight excluding hydrogens is 254 g/mol. The Kier molecular flexibility index (Phi) is 3.14. The summed E-state index contributed by atoms with van der Waals surface area (Å²) in [5, 5.41) is 12.5. The van der Waals surface area contributed by atoms with E-state index < -0.39 is 0 Å². The number of nitrogens with zero attached hydrogens (tertiary/aromatic N) is 2. The van der Waals surface area contributed by atoms with Crippen molar-refractivity contribution in [3.05, 3.63) is 35.3 Å². The molecular formula is C14H17N5O. The maximum Gasteiger partial charge on any atom is 0.324 e. The van der Waals surface area contributed by atoms with Crippen LogP contribution in [0, 0.1) is 13.8 Å². The van der Waals surface area contributed by atoms with Crippen LogP contribution in [-0.2, 0) is 0 Å². The molecule has 104 valence electrons. The topological polar surface area (TPSA) is 82.7 Å². The number of pyridine rings is 1. The highest BCUT2D eigenvalue weighted by molar-refractivity contribution is 5.99. The third-order valence-corrected chi connectivity index (χ3v) is 3.52. The molecule has 0 unspecified atom stereocenters. The smallest absolute Gasteiger partial charge is 0.305 e. The van der Waals surface area contributed by atoms with Gasteiger partial charge in [-0.25, -0.2) is 9.78 Å². The van der Waals surface area contributed by atoms with Gasteiger partial charge in [0.2, 0.25) is 0 Å². The van der Waals surface area contributed by atoms with Gasteiger partial charge in [0.1, 0.15) is 5.82 Å². The molecule has 6 nitrogen and oxygen atoms in total. The maximum absolute atomic E-state index is 12.0. The number of nitrogens with one attached hydrogen (secondary N) is 3. The van der Waals surface area contributed by atoms with E-state index >= 15 is 0 Å². The average Bonchev–Trinajstić information content (AvgIpc) is 3.15. The third-order valence-electron chi connectivity index (χ3n) is 3.52. The van der Waals surface area contributed by atoms with Crippen LogP contribution in [0.5, 0.6) is 0 Å². The first kappa shape index (κ1) is 12.7. The predicted molar refractivity (Wildman–Crippen MR) is 76.9 cm³/mol. The molecule has 2 heterocycles. The zero-order chi connectivity index (χ0) is 14.1. The van der Waals surface area contributed by atoms with Crippen molar-refractivity contribution in [2.24, 2.45) is 0 Å². The Morgan fingerprint density at radius 3 is 2.75 bits per heavy atom. The van der Waals surface area contributed by atoms with Gasteiger partial charge in [0, 0.05) is 12.1 Å². The molecule has 1 aliphatic rings. The summed E-state index contributed by atoms with van der Waals surface area (Å²) in [6.07, 6.45) is 5.69. The van der Waals surface area contributed by atoms with Gasteiger partial charge >= 0.3 is 6.03 Å². The number of carbonyl (C=O) groups excluding carboxylic acids is 1. The lowest BCUT2D eigenvalue weighted by molar-refractivity contribution is 0.262. The van der Waals surface area contributed by atoms with Crippen LogP contribution in [0.25, 0.3) is 0 Å². The molecule has 2 amide bonds. The van der Waals surface area contributed by atoms with E-state index in [1.165, 1.54) is 0 Å². The number of rotatable bonds is 3. The number of H-pyrrole nitrogens is 1. The zero-order valence-corrected chi connectivity index (χ0v) is 11.5. The summed E-state index contributed by atoms with van der Waals surface area (Å²) in [4.78, 5) is 16.2. The Morgan fingerprint density at radius 1 is 1.25 bits per heavy atom. The molecule has 2 aromatic heterocycles. The van der Waals surface area contributed by atoms with Crippen LogP contribution in [0.1, 0.15) is 35.6 Å². The molecule has 0 aromatic carbocycles. The van der Waals surface area contributed by atoms with E-state index in [-0.39, 0.29) is 6.03 Å². The van der Waals surface area contributed by atoms with E-state index in [1.54, 1.807) is 12.4 Å². The molecule has 0 atom stereocenters. The molecule has 1 fully saturated rings. The molecule has 0 radical (unpaired) electrons. The zero-order valence-electron chi connectivity index (χ0n) is 11.5. The van der Waals surface area contributed by atoms with Crippen LogP contribution in [0.4, 0.5) is 16.3 Å². The van der Waals surface area contributed by atoms with Crippen molar-refractivity contribution in [2.75, 3.05) is 10.6 Å². The summed E-state index contributed by atoms with van der Waals surface area (Å²) >= 11 is 0. The summed E-state index contributed by atoms with van der Waals surface area (Å²) in [5.74, 6) is 1.05. The van der Waals surface area contributed by atoms with Crippen molar-refractivity contribution in [3.63, 3.8) is 0 Å². The van der Waals surface area contributed by atoms with Gasteiger partial charge in [0.05, 0.1) is 17.6 Å². The van der Waals surface area contributed by atoms with Crippen LogP contribution in [0.3, 0.4) is 0 Å². The second kappa shape index (κ2) is 4.96. The minimum Gasteiger partial charge on any atom is -0.305 e. The number of hydrogen-bond acceptors (Lipinski definition) is 3. The van der Waals surface area contributed by atoms with Crippen molar-refractivity contribution in [1.82, 2.24) is 15.2 Å². The van der Waals surface area contributed by atoms with Crippen LogP contribution in [0.2, 0.25) is 0 Å². The fourth-order valence-corrected chi connectivity index (χ4v) is 2.04. The first-order chi connectivity index (χ1) is 9.63. The van der Waals surface area contributed by atoms with Crippen LogP contribution in [-0.4, -0.2) is 21.2 Å². The van der Waals surface area contributed by atoms with Crippen LogP contribution >= 0.6 is 0 Å². The van der Waals surface area contributed by atoms with Crippen molar-refractivity contribution in [3.8, 4) is 0 Å². The summed E-state index contributed by atoms with van der Waals surface area (Å²) in [6.45, 7) is 3.97. The van der Waals surface area contributed by atoms with Crippen LogP contribution in [0.15, 0.2) is 18.5 Å². The van der Waals surface area contributed by atoms with Crippen molar-refractivity contribution in [2.45, 2.75) is 32.6 Å². The molecule has 0 aliphatic heterocycles. The molecule has 0 saturated heterocycles. The first-order valence-electron chi connectivity index (χ1n) is 6.68. The number of anilines is 2. The summed E-state index contributed by atoms with van der Waals surface area (Å²) < 4.78 is 0. The van der Waals surface area contributed by atoms with E-state index in [0.717, 1.165) is 35.3 Å². The van der Waals surface area contributed by atoms with Gasteiger partial charge in [-0.3, -0.25) is 10.4 Å². The summed E-state index contributed by atoms with van der Waals surface area (Å²) in [5.41, 5.74) is 3.95. The molecule has 3 N–H and O–H groups in total. The fourth-order valence-electron chi connectivity index (χ4n) is 2.04. The monoisotopic (exact) mass is 271 g/mol. The normalized spacial score (nSPS) is 14.1. The lowest BCUT2D eigenvalue weighted by Gasteiger charge is -2.08. The minimum absolute atomic E-state index is 0.302. The third kappa shape index (κ3) is 2.64. The van der Waals surface area contributed by atoms with Crippen molar-refractivity contribution in [1.29, 1.82) is 0 Å². The lowest BCUT2D eigenvalue weighted by Crippen LogP contribution is -2.20. The first-order valence-corrected chi connectivity index (χ1v) is 6.68. The SMILES string of the molecule is Cc1cnc(NC(=O)Nc2cn[nH]c2C2CC2)cc1C. The van der Waals surface area contributed by atoms with E-state index in [4.69, 9.17) is 0 Å². The van der Waals surface area contributed by atoms with Gasteiger partial charge in [-0.2, -0.15) is 5.10 Å². The second-order valence-electron chi connectivity index (χ2n) is 5.20. The predicted octanol–water partition coefficient (Wildman–Crippen LogP) is 2.94. The van der Waals surface area contributed by atoms with Gasteiger partial charge in [0.25, 0.3) is 0 Å². The maximum atomic E-state index is 12.0. The number of amides is 2. The summed E-state index contributed by atoms with van der Waals surface area (Å²) in [7, 11) is 0. The van der Waals surface area contributed by atoms with E-state index in [1.807, 2.05) is 19.9 Å². The van der Waals surface area contributed by atoms with Crippen LogP contribution < -0.4 is 10.6 Å². The van der Waals surface area contributed by atoms with Gasteiger partial charge in [-0.05, 0) is 43.9 Å².